The van der Waals surface area contributed by atoms with E-state index in [-0.39, 0.29) is 37.8 Å². The number of sulfonamides is 1. The Labute approximate surface area is 139 Å². The van der Waals surface area contributed by atoms with Gasteiger partial charge in [-0.25, -0.2) is 8.42 Å². The van der Waals surface area contributed by atoms with Gasteiger partial charge in [-0.1, -0.05) is 6.07 Å². The zero-order valence-corrected chi connectivity index (χ0v) is 14.5. The lowest BCUT2D eigenvalue weighted by Gasteiger charge is -2.33. The number of carbonyl (C=O) groups excluding carboxylic acids is 1. The molecule has 1 aromatic heterocycles. The molecule has 2 rings (SSSR count). The summed E-state index contributed by atoms with van der Waals surface area (Å²) in [4.78, 5) is 25.9. The molecule has 0 saturated carbocycles. The Morgan fingerprint density at radius 3 is 2.39 bits per heavy atom. The molecule has 0 bridgehead atoms. The number of rotatable bonds is 6. The van der Waals surface area contributed by atoms with Crippen LogP contribution in [0, 0.1) is 0 Å². The molecule has 128 valence electrons. The van der Waals surface area contributed by atoms with Crippen LogP contribution in [-0.2, 0) is 19.6 Å². The van der Waals surface area contributed by atoms with Crippen LogP contribution < -0.4 is 0 Å². The van der Waals surface area contributed by atoms with E-state index in [1.807, 2.05) is 17.5 Å². The molecule has 1 saturated heterocycles. The van der Waals surface area contributed by atoms with Crippen molar-refractivity contribution in [3.63, 3.8) is 0 Å². The predicted octanol–water partition coefficient (Wildman–Crippen LogP) is 0.800. The van der Waals surface area contributed by atoms with Crippen LogP contribution in [0.1, 0.15) is 23.6 Å². The lowest BCUT2D eigenvalue weighted by atomic mass is 9.98. The van der Waals surface area contributed by atoms with Crippen LogP contribution in [0.5, 0.6) is 0 Å². The van der Waals surface area contributed by atoms with Gasteiger partial charge in [0, 0.05) is 43.4 Å². The normalized spacial score (nSPS) is 17.9. The van der Waals surface area contributed by atoms with E-state index in [1.54, 1.807) is 4.90 Å². The highest BCUT2D eigenvalue weighted by molar-refractivity contribution is 7.88. The number of carboxylic acids is 1. The third-order valence-electron chi connectivity index (χ3n) is 3.85. The molecule has 1 N–H and O–H groups in total. The first-order chi connectivity index (χ1) is 10.8. The molecule has 9 heteroatoms. The van der Waals surface area contributed by atoms with Gasteiger partial charge in [0.05, 0.1) is 12.7 Å². The molecule has 0 aliphatic carbocycles. The van der Waals surface area contributed by atoms with Crippen molar-refractivity contribution in [3.05, 3.63) is 22.4 Å². The highest BCUT2D eigenvalue weighted by atomic mass is 32.2. The summed E-state index contributed by atoms with van der Waals surface area (Å²) < 4.78 is 24.3. The van der Waals surface area contributed by atoms with Gasteiger partial charge in [0.1, 0.15) is 0 Å². The molecule has 1 amide bonds. The topological polar surface area (TPSA) is 95.0 Å². The van der Waals surface area contributed by atoms with Crippen molar-refractivity contribution < 1.29 is 23.1 Å². The molecule has 1 aliphatic rings. The Kier molecular flexibility index (Phi) is 5.77. The Bertz CT molecular complexity index is 649. The molecule has 1 unspecified atom stereocenters. The Morgan fingerprint density at radius 1 is 1.26 bits per heavy atom. The molecule has 0 radical (unpaired) electrons. The maximum atomic E-state index is 12.4. The monoisotopic (exact) mass is 360 g/mol. The second-order valence-corrected chi connectivity index (χ2v) is 8.52. The standard InChI is InChI=1S/C14H20N2O5S2/c1-23(20,21)16-6-4-15(5-7-16)13(17)9-11(10-14(18)19)12-3-2-8-22-12/h2-3,8,11H,4-7,9-10H2,1H3,(H,18,19). The van der Waals surface area contributed by atoms with E-state index in [2.05, 4.69) is 0 Å². The van der Waals surface area contributed by atoms with E-state index in [4.69, 9.17) is 5.11 Å². The third-order valence-corrected chi connectivity index (χ3v) is 6.19. The molecular weight excluding hydrogens is 340 g/mol. The minimum Gasteiger partial charge on any atom is -0.481 e. The van der Waals surface area contributed by atoms with Crippen molar-refractivity contribution in [2.24, 2.45) is 0 Å². The minimum atomic E-state index is -3.23. The fourth-order valence-corrected chi connectivity index (χ4v) is 4.27. The van der Waals surface area contributed by atoms with Crippen LogP contribution in [0.25, 0.3) is 0 Å². The second-order valence-electron chi connectivity index (χ2n) is 5.56. The second kappa shape index (κ2) is 7.41. The smallest absolute Gasteiger partial charge is 0.304 e. The van der Waals surface area contributed by atoms with Crippen molar-refractivity contribution in [1.82, 2.24) is 9.21 Å². The molecule has 2 heterocycles. The van der Waals surface area contributed by atoms with Crippen LogP contribution >= 0.6 is 11.3 Å². The summed E-state index contributed by atoms with van der Waals surface area (Å²) in [5.74, 6) is -1.40. The summed E-state index contributed by atoms with van der Waals surface area (Å²) in [7, 11) is -3.23. The minimum absolute atomic E-state index is 0.0877. The first-order valence-corrected chi connectivity index (χ1v) is 9.98. The van der Waals surface area contributed by atoms with Gasteiger partial charge in [0.15, 0.2) is 0 Å². The fourth-order valence-electron chi connectivity index (χ4n) is 2.62. The summed E-state index contributed by atoms with van der Waals surface area (Å²) in [6, 6.07) is 3.68. The predicted molar refractivity (Wildman–Crippen MR) is 86.9 cm³/mol. The molecular formula is C14H20N2O5S2. The van der Waals surface area contributed by atoms with Crippen LogP contribution in [0.3, 0.4) is 0 Å². The van der Waals surface area contributed by atoms with Gasteiger partial charge in [-0.05, 0) is 11.4 Å². The zero-order valence-electron chi connectivity index (χ0n) is 12.8. The molecule has 0 aromatic carbocycles. The Hall–Kier alpha value is -1.45. The highest BCUT2D eigenvalue weighted by Crippen LogP contribution is 2.28. The lowest BCUT2D eigenvalue weighted by Crippen LogP contribution is -2.50. The summed E-state index contributed by atoms with van der Waals surface area (Å²) in [5, 5.41) is 10.9. The number of carbonyl (C=O) groups is 2. The summed E-state index contributed by atoms with van der Waals surface area (Å²) in [5.41, 5.74) is 0. The largest absolute Gasteiger partial charge is 0.481 e. The maximum absolute atomic E-state index is 12.4. The van der Waals surface area contributed by atoms with E-state index < -0.39 is 16.0 Å². The zero-order chi connectivity index (χ0) is 17.0. The van der Waals surface area contributed by atoms with Gasteiger partial charge in [-0.2, -0.15) is 4.31 Å². The van der Waals surface area contributed by atoms with E-state index >= 15 is 0 Å². The molecule has 7 nitrogen and oxygen atoms in total. The van der Waals surface area contributed by atoms with Crippen molar-refractivity contribution in [2.75, 3.05) is 32.4 Å². The lowest BCUT2D eigenvalue weighted by molar-refractivity contribution is -0.138. The average Bonchev–Trinajstić information content (AvgIpc) is 2.99. The van der Waals surface area contributed by atoms with Crippen LogP contribution in [0.4, 0.5) is 0 Å². The molecule has 1 atom stereocenters. The summed E-state index contributed by atoms with van der Waals surface area (Å²) in [6.07, 6.45) is 1.20. The van der Waals surface area contributed by atoms with E-state index in [0.29, 0.717) is 13.1 Å². The number of hydrogen-bond acceptors (Lipinski definition) is 5. The average molecular weight is 360 g/mol. The number of piperazine rings is 1. The number of carboxylic acid groups (broad SMARTS) is 1. The number of hydrogen-bond donors (Lipinski definition) is 1. The van der Waals surface area contributed by atoms with Crippen molar-refractivity contribution in [1.29, 1.82) is 0 Å². The molecule has 1 aromatic rings. The van der Waals surface area contributed by atoms with Crippen molar-refractivity contribution in [3.8, 4) is 0 Å². The van der Waals surface area contributed by atoms with E-state index in [1.165, 1.54) is 15.6 Å². The van der Waals surface area contributed by atoms with E-state index in [0.717, 1.165) is 11.1 Å². The molecule has 23 heavy (non-hydrogen) atoms. The van der Waals surface area contributed by atoms with Gasteiger partial charge >= 0.3 is 5.97 Å². The van der Waals surface area contributed by atoms with Gasteiger partial charge in [0.2, 0.25) is 15.9 Å². The van der Waals surface area contributed by atoms with Crippen LogP contribution in [0.2, 0.25) is 0 Å². The SMILES string of the molecule is CS(=O)(=O)N1CCN(C(=O)CC(CC(=O)O)c2cccs2)CC1. The third kappa shape index (κ3) is 5.02. The van der Waals surface area contributed by atoms with Gasteiger partial charge < -0.3 is 10.0 Å². The highest BCUT2D eigenvalue weighted by Gasteiger charge is 2.28. The summed E-state index contributed by atoms with van der Waals surface area (Å²) >= 11 is 1.44. The molecule has 1 aliphatic heterocycles. The first kappa shape index (κ1) is 17.9. The number of thiophene rings is 1. The Morgan fingerprint density at radius 2 is 1.91 bits per heavy atom. The van der Waals surface area contributed by atoms with Crippen LogP contribution in [-0.4, -0.2) is 67.0 Å². The van der Waals surface area contributed by atoms with Gasteiger partial charge in [-0.3, -0.25) is 9.59 Å². The quantitative estimate of drug-likeness (QED) is 0.810. The Balaban J connectivity index is 1.96. The fraction of sp³-hybridized carbons (Fsp3) is 0.571. The molecule has 0 spiro atoms. The number of amides is 1. The maximum Gasteiger partial charge on any atom is 0.304 e. The van der Waals surface area contributed by atoms with Crippen molar-refractivity contribution in [2.45, 2.75) is 18.8 Å². The molecule has 1 fully saturated rings. The van der Waals surface area contributed by atoms with Crippen LogP contribution in [0.15, 0.2) is 17.5 Å². The van der Waals surface area contributed by atoms with Gasteiger partial charge in [-0.15, -0.1) is 11.3 Å². The summed E-state index contributed by atoms with van der Waals surface area (Å²) in [6.45, 7) is 1.26. The first-order valence-electron chi connectivity index (χ1n) is 7.25. The number of aliphatic carboxylic acids is 1. The van der Waals surface area contributed by atoms with E-state index in [9.17, 15) is 18.0 Å². The number of nitrogens with zero attached hydrogens (tertiary/aromatic N) is 2. The van der Waals surface area contributed by atoms with Crippen molar-refractivity contribution >= 4 is 33.2 Å². The van der Waals surface area contributed by atoms with Gasteiger partial charge in [0.25, 0.3) is 0 Å².